The first-order chi connectivity index (χ1) is 12.0. The maximum atomic E-state index is 15.0. The van der Waals surface area contributed by atoms with Crippen LogP contribution in [0.2, 0.25) is 0 Å². The molecule has 0 saturated carbocycles. The first-order valence-corrected chi connectivity index (χ1v) is 8.20. The molecular weight excluding hydrogens is 323 g/mol. The first-order valence-electron chi connectivity index (χ1n) is 8.20. The summed E-state index contributed by atoms with van der Waals surface area (Å²) in [6.45, 7) is 1.45. The number of rotatable bonds is 4. The summed E-state index contributed by atoms with van der Waals surface area (Å²) in [6.07, 6.45) is 3.05. The molecule has 0 unspecified atom stereocenters. The molecule has 130 valence electrons. The Bertz CT molecular complexity index is 812. The highest BCUT2D eigenvalue weighted by molar-refractivity contribution is 6.11. The summed E-state index contributed by atoms with van der Waals surface area (Å²) in [5, 5.41) is 10.0. The molecule has 2 aromatic rings. The summed E-state index contributed by atoms with van der Waals surface area (Å²) in [5.74, 6) is -2.36. The van der Waals surface area contributed by atoms with Gasteiger partial charge in [0.05, 0.1) is 5.69 Å². The van der Waals surface area contributed by atoms with E-state index in [0.717, 1.165) is 32.4 Å². The van der Waals surface area contributed by atoms with Crippen LogP contribution in [0.5, 0.6) is 5.75 Å². The van der Waals surface area contributed by atoms with Crippen molar-refractivity contribution in [2.24, 2.45) is 5.73 Å². The second-order valence-electron chi connectivity index (χ2n) is 6.11. The largest absolute Gasteiger partial charge is 0.507 e. The Labute approximate surface area is 144 Å². The minimum atomic E-state index is -0.717. The Morgan fingerprint density at radius 3 is 2.16 bits per heavy atom. The SMILES string of the molecule is NC(=O)c1ccc(C(=O)c2c(O)ccc(N3CCCCC3)c2F)cc1. The Morgan fingerprint density at radius 1 is 0.960 bits per heavy atom. The van der Waals surface area contributed by atoms with Gasteiger partial charge in [0.15, 0.2) is 11.6 Å². The lowest BCUT2D eigenvalue weighted by Crippen LogP contribution is -2.30. The van der Waals surface area contributed by atoms with Gasteiger partial charge >= 0.3 is 0 Å². The molecule has 0 spiro atoms. The van der Waals surface area contributed by atoms with Gasteiger partial charge in [0.25, 0.3) is 0 Å². The number of halogens is 1. The Kier molecular flexibility index (Phi) is 4.70. The summed E-state index contributed by atoms with van der Waals surface area (Å²) >= 11 is 0. The molecule has 0 radical (unpaired) electrons. The third-order valence-corrected chi connectivity index (χ3v) is 4.46. The molecular formula is C19H19FN2O3. The highest BCUT2D eigenvalue weighted by Gasteiger charge is 2.24. The predicted octanol–water partition coefficient (Wildman–Crippen LogP) is 2.85. The Hall–Kier alpha value is -2.89. The minimum Gasteiger partial charge on any atom is -0.507 e. The summed E-state index contributed by atoms with van der Waals surface area (Å²) < 4.78 is 15.0. The van der Waals surface area contributed by atoms with Crippen molar-refractivity contribution in [2.45, 2.75) is 19.3 Å². The maximum Gasteiger partial charge on any atom is 0.248 e. The minimum absolute atomic E-state index is 0.176. The second-order valence-corrected chi connectivity index (χ2v) is 6.11. The summed E-state index contributed by atoms with van der Waals surface area (Å²) in [7, 11) is 0. The fraction of sp³-hybridized carbons (Fsp3) is 0.263. The molecule has 2 aromatic carbocycles. The number of nitrogens with two attached hydrogens (primary N) is 1. The molecule has 0 aliphatic carbocycles. The number of anilines is 1. The molecule has 1 saturated heterocycles. The van der Waals surface area contributed by atoms with E-state index < -0.39 is 23.3 Å². The molecule has 25 heavy (non-hydrogen) atoms. The standard InChI is InChI=1S/C19H19FN2O3/c20-17-14(22-10-2-1-3-11-22)8-9-15(23)16(17)18(24)12-4-6-13(7-5-12)19(21)25/h4-9,23H,1-3,10-11H2,(H2,21,25). The van der Waals surface area contributed by atoms with Crippen LogP contribution in [0.1, 0.15) is 45.5 Å². The van der Waals surface area contributed by atoms with E-state index >= 15 is 0 Å². The van der Waals surface area contributed by atoms with Crippen molar-refractivity contribution < 1.29 is 19.1 Å². The van der Waals surface area contributed by atoms with Crippen molar-refractivity contribution in [3.8, 4) is 5.75 Å². The first kappa shape index (κ1) is 17.0. The molecule has 1 heterocycles. The van der Waals surface area contributed by atoms with Gasteiger partial charge in [-0.15, -0.1) is 0 Å². The van der Waals surface area contributed by atoms with Gasteiger partial charge < -0.3 is 15.7 Å². The number of hydrogen-bond donors (Lipinski definition) is 2. The summed E-state index contributed by atoms with van der Waals surface area (Å²) in [5.41, 5.74) is 5.58. The third-order valence-electron chi connectivity index (χ3n) is 4.46. The number of carbonyl (C=O) groups excluding carboxylic acids is 2. The van der Waals surface area contributed by atoms with Crippen molar-refractivity contribution in [2.75, 3.05) is 18.0 Å². The number of amides is 1. The second kappa shape index (κ2) is 6.93. The van der Waals surface area contributed by atoms with Crippen LogP contribution in [0.15, 0.2) is 36.4 Å². The van der Waals surface area contributed by atoms with E-state index in [1.54, 1.807) is 0 Å². The summed E-state index contributed by atoms with van der Waals surface area (Å²) in [4.78, 5) is 25.7. The summed E-state index contributed by atoms with van der Waals surface area (Å²) in [6, 6.07) is 8.45. The highest BCUT2D eigenvalue weighted by atomic mass is 19.1. The van der Waals surface area contributed by atoms with Crippen LogP contribution >= 0.6 is 0 Å². The van der Waals surface area contributed by atoms with Gasteiger partial charge in [0.2, 0.25) is 5.91 Å². The molecule has 0 bridgehead atoms. The lowest BCUT2D eigenvalue weighted by Gasteiger charge is -2.29. The van der Waals surface area contributed by atoms with Crippen LogP contribution in [0.3, 0.4) is 0 Å². The predicted molar refractivity (Wildman–Crippen MR) is 92.5 cm³/mol. The van der Waals surface area contributed by atoms with E-state index in [1.165, 1.54) is 36.4 Å². The van der Waals surface area contributed by atoms with Crippen LogP contribution < -0.4 is 10.6 Å². The number of piperidine rings is 1. The molecule has 0 atom stereocenters. The number of phenolic OH excluding ortho intramolecular Hbond substituents is 1. The number of ketones is 1. The fourth-order valence-corrected chi connectivity index (χ4v) is 3.08. The van der Waals surface area contributed by atoms with Gasteiger partial charge in [-0.1, -0.05) is 12.1 Å². The number of hydrogen-bond acceptors (Lipinski definition) is 4. The van der Waals surface area contributed by atoms with Crippen molar-refractivity contribution >= 4 is 17.4 Å². The lowest BCUT2D eigenvalue weighted by atomic mass is 9.99. The van der Waals surface area contributed by atoms with Crippen molar-refractivity contribution in [3.63, 3.8) is 0 Å². The Morgan fingerprint density at radius 2 is 1.56 bits per heavy atom. The van der Waals surface area contributed by atoms with E-state index in [0.29, 0.717) is 5.69 Å². The molecule has 1 aliphatic heterocycles. The molecule has 6 heteroatoms. The van der Waals surface area contributed by atoms with Crippen molar-refractivity contribution in [1.82, 2.24) is 0 Å². The number of benzene rings is 2. The zero-order valence-corrected chi connectivity index (χ0v) is 13.7. The van der Waals surface area contributed by atoms with Gasteiger partial charge in [-0.05, 0) is 43.5 Å². The normalized spacial score (nSPS) is 14.4. The van der Waals surface area contributed by atoms with Crippen molar-refractivity contribution in [3.05, 3.63) is 58.9 Å². The molecule has 1 amide bonds. The Balaban J connectivity index is 1.97. The molecule has 1 aliphatic rings. The smallest absolute Gasteiger partial charge is 0.248 e. The molecule has 3 N–H and O–H groups in total. The van der Waals surface area contributed by atoms with E-state index in [4.69, 9.17) is 5.73 Å². The molecule has 0 aromatic heterocycles. The topological polar surface area (TPSA) is 83.6 Å². The lowest BCUT2D eigenvalue weighted by molar-refractivity contribution is 0.0996. The number of carbonyl (C=O) groups is 2. The van der Waals surface area contributed by atoms with E-state index in [-0.39, 0.29) is 16.7 Å². The zero-order chi connectivity index (χ0) is 18.0. The fourth-order valence-electron chi connectivity index (χ4n) is 3.08. The maximum absolute atomic E-state index is 15.0. The van der Waals surface area contributed by atoms with Crippen LogP contribution in [0, 0.1) is 5.82 Å². The third kappa shape index (κ3) is 3.33. The van der Waals surface area contributed by atoms with Crippen LogP contribution in [-0.2, 0) is 0 Å². The number of aromatic hydroxyl groups is 1. The molecule has 3 rings (SSSR count). The van der Waals surface area contributed by atoms with Crippen LogP contribution in [-0.4, -0.2) is 29.9 Å². The quantitative estimate of drug-likeness (QED) is 0.837. The van der Waals surface area contributed by atoms with Gasteiger partial charge in [0, 0.05) is 24.2 Å². The van der Waals surface area contributed by atoms with E-state index in [9.17, 15) is 19.1 Å². The van der Waals surface area contributed by atoms with Crippen molar-refractivity contribution in [1.29, 1.82) is 0 Å². The monoisotopic (exact) mass is 342 g/mol. The van der Waals surface area contributed by atoms with Gasteiger partial charge in [0.1, 0.15) is 11.3 Å². The zero-order valence-electron chi connectivity index (χ0n) is 13.7. The molecule has 5 nitrogen and oxygen atoms in total. The van der Waals surface area contributed by atoms with Gasteiger partial charge in [-0.3, -0.25) is 9.59 Å². The average Bonchev–Trinajstić information content (AvgIpc) is 2.62. The molecule has 1 fully saturated rings. The van der Waals surface area contributed by atoms with E-state index in [2.05, 4.69) is 0 Å². The number of primary amides is 1. The average molecular weight is 342 g/mol. The van der Waals surface area contributed by atoms with E-state index in [1.807, 2.05) is 4.90 Å². The number of nitrogens with zero attached hydrogens (tertiary/aromatic N) is 1. The highest BCUT2D eigenvalue weighted by Crippen LogP contribution is 2.32. The van der Waals surface area contributed by atoms with Crippen LogP contribution in [0.4, 0.5) is 10.1 Å². The van der Waals surface area contributed by atoms with Gasteiger partial charge in [-0.25, -0.2) is 4.39 Å². The number of phenols is 1. The van der Waals surface area contributed by atoms with Gasteiger partial charge in [-0.2, -0.15) is 0 Å². The van der Waals surface area contributed by atoms with Crippen LogP contribution in [0.25, 0.3) is 0 Å².